The van der Waals surface area contributed by atoms with E-state index in [1.165, 1.54) is 12.1 Å². The molecule has 0 atom stereocenters. The smallest absolute Gasteiger partial charge is 0.156 e. The lowest BCUT2D eigenvalue weighted by molar-refractivity contribution is 0.628. The van der Waals surface area contributed by atoms with Crippen LogP contribution in [0.5, 0.6) is 0 Å². The van der Waals surface area contributed by atoms with Crippen molar-refractivity contribution >= 4 is 5.65 Å². The van der Waals surface area contributed by atoms with Crippen LogP contribution in [0.2, 0.25) is 0 Å². The number of benzene rings is 1. The van der Waals surface area contributed by atoms with Crippen LogP contribution in [0.15, 0.2) is 67.1 Å². The molecule has 4 nitrogen and oxygen atoms in total. The molecule has 0 saturated carbocycles. The predicted molar refractivity (Wildman–Crippen MR) is 81.6 cm³/mol. The molecular formula is C17H11FN4. The summed E-state index contributed by atoms with van der Waals surface area (Å²) in [6, 6.07) is 14.0. The van der Waals surface area contributed by atoms with Crippen molar-refractivity contribution in [2.75, 3.05) is 0 Å². The number of aromatic nitrogens is 4. The molecule has 106 valence electrons. The van der Waals surface area contributed by atoms with Gasteiger partial charge in [0.25, 0.3) is 0 Å². The van der Waals surface area contributed by atoms with E-state index in [0.717, 1.165) is 22.5 Å². The topological polar surface area (TPSA) is 43.1 Å². The number of fused-ring (bicyclic) bond motifs is 1. The Bertz CT molecular complexity index is 947. The molecule has 3 aromatic heterocycles. The van der Waals surface area contributed by atoms with Crippen molar-refractivity contribution in [1.29, 1.82) is 0 Å². The van der Waals surface area contributed by atoms with Gasteiger partial charge in [-0.3, -0.25) is 4.98 Å². The monoisotopic (exact) mass is 290 g/mol. The third-order valence-corrected chi connectivity index (χ3v) is 3.46. The normalized spacial score (nSPS) is 11.0. The molecule has 3 heterocycles. The van der Waals surface area contributed by atoms with Crippen LogP contribution >= 0.6 is 0 Å². The summed E-state index contributed by atoms with van der Waals surface area (Å²) in [6.07, 6.45) is 5.13. The van der Waals surface area contributed by atoms with Gasteiger partial charge in [0, 0.05) is 29.6 Å². The van der Waals surface area contributed by atoms with Crippen molar-refractivity contribution < 1.29 is 4.39 Å². The van der Waals surface area contributed by atoms with E-state index < -0.39 is 0 Å². The van der Waals surface area contributed by atoms with Gasteiger partial charge in [-0.05, 0) is 30.3 Å². The largest absolute Gasteiger partial charge is 0.265 e. The van der Waals surface area contributed by atoms with Crippen molar-refractivity contribution in [2.24, 2.45) is 0 Å². The summed E-state index contributed by atoms with van der Waals surface area (Å²) in [5, 5.41) is 4.28. The highest BCUT2D eigenvalue weighted by atomic mass is 19.1. The average Bonchev–Trinajstić information content (AvgIpc) is 3.03. The van der Waals surface area contributed by atoms with Gasteiger partial charge in [-0.2, -0.15) is 5.10 Å². The lowest BCUT2D eigenvalue weighted by atomic mass is 10.1. The van der Waals surface area contributed by atoms with Crippen LogP contribution in [-0.4, -0.2) is 19.6 Å². The van der Waals surface area contributed by atoms with Crippen molar-refractivity contribution in [3.05, 3.63) is 72.9 Å². The van der Waals surface area contributed by atoms with Crippen LogP contribution in [0.4, 0.5) is 4.39 Å². The first-order chi connectivity index (χ1) is 10.8. The van der Waals surface area contributed by atoms with Crippen LogP contribution in [0.3, 0.4) is 0 Å². The number of rotatable bonds is 2. The van der Waals surface area contributed by atoms with Crippen molar-refractivity contribution in [3.8, 4) is 22.5 Å². The maximum atomic E-state index is 13.5. The summed E-state index contributed by atoms with van der Waals surface area (Å²) < 4.78 is 15.3. The highest BCUT2D eigenvalue weighted by molar-refractivity contribution is 5.71. The second-order valence-electron chi connectivity index (χ2n) is 4.87. The van der Waals surface area contributed by atoms with Gasteiger partial charge in [-0.15, -0.1) is 0 Å². The molecule has 0 saturated heterocycles. The van der Waals surface area contributed by atoms with E-state index in [2.05, 4.69) is 15.1 Å². The molecule has 0 N–H and O–H groups in total. The van der Waals surface area contributed by atoms with Crippen LogP contribution < -0.4 is 0 Å². The van der Waals surface area contributed by atoms with E-state index in [4.69, 9.17) is 0 Å². The Morgan fingerprint density at radius 1 is 0.864 bits per heavy atom. The fourth-order valence-corrected chi connectivity index (χ4v) is 2.44. The lowest BCUT2D eigenvalue weighted by Gasteiger charge is -2.08. The zero-order valence-corrected chi connectivity index (χ0v) is 11.5. The maximum Gasteiger partial charge on any atom is 0.156 e. The molecule has 1 aromatic carbocycles. The Kier molecular flexibility index (Phi) is 2.89. The Balaban J connectivity index is 1.99. The van der Waals surface area contributed by atoms with Gasteiger partial charge in [0.05, 0.1) is 17.6 Å². The molecule has 4 rings (SSSR count). The Morgan fingerprint density at radius 3 is 2.55 bits per heavy atom. The van der Waals surface area contributed by atoms with E-state index >= 15 is 0 Å². The van der Waals surface area contributed by atoms with Crippen molar-refractivity contribution in [3.63, 3.8) is 0 Å². The van der Waals surface area contributed by atoms with E-state index in [-0.39, 0.29) is 5.82 Å². The minimum Gasteiger partial charge on any atom is -0.265 e. The number of pyridine rings is 1. The van der Waals surface area contributed by atoms with E-state index in [1.54, 1.807) is 29.2 Å². The molecule has 22 heavy (non-hydrogen) atoms. The first kappa shape index (κ1) is 12.6. The zero-order chi connectivity index (χ0) is 14.9. The van der Waals surface area contributed by atoms with E-state index in [9.17, 15) is 4.39 Å². The van der Waals surface area contributed by atoms with Crippen molar-refractivity contribution in [2.45, 2.75) is 0 Å². The number of halogens is 1. The fraction of sp³-hybridized carbons (Fsp3) is 0. The van der Waals surface area contributed by atoms with Gasteiger partial charge in [0.15, 0.2) is 5.65 Å². The Labute approximate surface area is 125 Å². The lowest BCUT2D eigenvalue weighted by Crippen LogP contribution is -1.98. The third kappa shape index (κ3) is 2.13. The molecule has 0 aliphatic carbocycles. The first-order valence-corrected chi connectivity index (χ1v) is 6.82. The second-order valence-corrected chi connectivity index (χ2v) is 4.87. The van der Waals surface area contributed by atoms with E-state index in [0.29, 0.717) is 5.65 Å². The predicted octanol–water partition coefficient (Wildman–Crippen LogP) is 3.60. The van der Waals surface area contributed by atoms with Gasteiger partial charge >= 0.3 is 0 Å². The van der Waals surface area contributed by atoms with Crippen LogP contribution in [0.25, 0.3) is 28.2 Å². The summed E-state index contributed by atoms with van der Waals surface area (Å²) in [4.78, 5) is 8.61. The first-order valence-electron chi connectivity index (χ1n) is 6.82. The molecule has 0 aliphatic heterocycles. The van der Waals surface area contributed by atoms with Crippen molar-refractivity contribution in [1.82, 2.24) is 19.6 Å². The van der Waals surface area contributed by atoms with E-state index in [1.807, 2.05) is 30.3 Å². The fourth-order valence-electron chi connectivity index (χ4n) is 2.44. The standard InChI is InChI=1S/C17H11FN4/c18-14-3-1-2-13(10-14)16-11-15(12-4-7-19-8-5-12)21-17-6-9-20-22(16)17/h1-11H. The molecule has 0 bridgehead atoms. The molecule has 5 heteroatoms. The van der Waals surface area contributed by atoms with Crippen LogP contribution in [0, 0.1) is 5.82 Å². The average molecular weight is 290 g/mol. The molecule has 4 aromatic rings. The zero-order valence-electron chi connectivity index (χ0n) is 11.5. The minimum atomic E-state index is -0.278. The van der Waals surface area contributed by atoms with Gasteiger partial charge in [0.1, 0.15) is 5.82 Å². The van der Waals surface area contributed by atoms with Gasteiger partial charge in [-0.1, -0.05) is 12.1 Å². The molecule has 0 unspecified atom stereocenters. The van der Waals surface area contributed by atoms with Gasteiger partial charge in [-0.25, -0.2) is 13.9 Å². The SMILES string of the molecule is Fc1cccc(-c2cc(-c3ccncc3)nc3ccnn23)c1. The van der Waals surface area contributed by atoms with Crippen LogP contribution in [0.1, 0.15) is 0 Å². The molecule has 0 amide bonds. The summed E-state index contributed by atoms with van der Waals surface area (Å²) in [5.74, 6) is -0.278. The number of hydrogen-bond donors (Lipinski definition) is 0. The van der Waals surface area contributed by atoms with Crippen LogP contribution in [-0.2, 0) is 0 Å². The molecule has 0 radical (unpaired) electrons. The third-order valence-electron chi connectivity index (χ3n) is 3.46. The maximum absolute atomic E-state index is 13.5. The number of nitrogens with zero attached hydrogens (tertiary/aromatic N) is 4. The Hall–Kier alpha value is -3.08. The Morgan fingerprint density at radius 2 is 1.73 bits per heavy atom. The van der Waals surface area contributed by atoms with Gasteiger partial charge in [0.2, 0.25) is 0 Å². The number of hydrogen-bond acceptors (Lipinski definition) is 3. The quantitative estimate of drug-likeness (QED) is 0.566. The molecule has 0 aliphatic rings. The minimum absolute atomic E-state index is 0.278. The molecule has 0 fully saturated rings. The van der Waals surface area contributed by atoms with Gasteiger partial charge < -0.3 is 0 Å². The second kappa shape index (κ2) is 5.04. The summed E-state index contributed by atoms with van der Waals surface area (Å²) in [6.45, 7) is 0. The molecule has 0 spiro atoms. The highest BCUT2D eigenvalue weighted by Gasteiger charge is 2.10. The highest BCUT2D eigenvalue weighted by Crippen LogP contribution is 2.26. The summed E-state index contributed by atoms with van der Waals surface area (Å²) in [7, 11) is 0. The summed E-state index contributed by atoms with van der Waals surface area (Å²) >= 11 is 0. The summed E-state index contributed by atoms with van der Waals surface area (Å²) in [5.41, 5.74) is 4.02. The molecular weight excluding hydrogens is 279 g/mol.